The van der Waals surface area contributed by atoms with Crippen molar-refractivity contribution in [2.75, 3.05) is 0 Å². The summed E-state index contributed by atoms with van der Waals surface area (Å²) in [4.78, 5) is 0. The SMILES string of the molecule is C1=C[C@@H]2[C-](/C=C/c3ccccc3)[C@@H]2CC1.[Rh]. The van der Waals surface area contributed by atoms with Crippen LogP contribution in [-0.4, -0.2) is 0 Å². The van der Waals surface area contributed by atoms with Gasteiger partial charge in [0.25, 0.3) is 0 Å². The average molecular weight is 298 g/mol. The van der Waals surface area contributed by atoms with E-state index in [0.29, 0.717) is 0 Å². The van der Waals surface area contributed by atoms with E-state index < -0.39 is 0 Å². The van der Waals surface area contributed by atoms with Crippen LogP contribution in [0.1, 0.15) is 18.4 Å². The molecule has 2 aliphatic carbocycles. The van der Waals surface area contributed by atoms with Gasteiger partial charge in [-0.05, 0) is 6.42 Å². The molecule has 85 valence electrons. The molecule has 0 unspecified atom stereocenters. The largest absolute Gasteiger partial charge is 0.224 e. The Morgan fingerprint density at radius 2 is 2.00 bits per heavy atom. The quantitative estimate of drug-likeness (QED) is 0.442. The van der Waals surface area contributed by atoms with Crippen molar-refractivity contribution in [2.24, 2.45) is 11.8 Å². The van der Waals surface area contributed by atoms with Gasteiger partial charge in [-0.2, -0.15) is 0 Å². The van der Waals surface area contributed by atoms with Gasteiger partial charge in [-0.25, -0.2) is 18.1 Å². The maximum Gasteiger partial charge on any atom is 0 e. The van der Waals surface area contributed by atoms with Crippen LogP contribution < -0.4 is 0 Å². The van der Waals surface area contributed by atoms with Gasteiger partial charge in [-0.15, -0.1) is 5.56 Å². The van der Waals surface area contributed by atoms with E-state index in [1.165, 1.54) is 18.4 Å². The van der Waals surface area contributed by atoms with Crippen LogP contribution in [0.3, 0.4) is 0 Å². The van der Waals surface area contributed by atoms with Gasteiger partial charge >= 0.3 is 0 Å². The Kier molecular flexibility index (Phi) is 3.66. The van der Waals surface area contributed by atoms with E-state index in [9.17, 15) is 0 Å². The Balaban J connectivity index is 0.000000963. The number of fused-ring (bicyclic) bond motifs is 1. The monoisotopic (exact) mass is 298 g/mol. The van der Waals surface area contributed by atoms with Crippen molar-refractivity contribution < 1.29 is 19.5 Å². The number of allylic oxidation sites excluding steroid dienone is 3. The first-order valence-electron chi connectivity index (χ1n) is 5.72. The Labute approximate surface area is 110 Å². The molecule has 1 saturated carbocycles. The fraction of sp³-hybridized carbons (Fsp3) is 0.267. The summed E-state index contributed by atoms with van der Waals surface area (Å²) in [5.41, 5.74) is 1.30. The fourth-order valence-electron chi connectivity index (χ4n) is 2.46. The van der Waals surface area contributed by atoms with Crippen LogP contribution in [0.4, 0.5) is 0 Å². The second kappa shape index (κ2) is 5.02. The molecule has 1 heteroatoms. The van der Waals surface area contributed by atoms with Crippen molar-refractivity contribution >= 4 is 6.08 Å². The molecule has 1 radical (unpaired) electrons. The van der Waals surface area contributed by atoms with Gasteiger partial charge in [0.15, 0.2) is 0 Å². The molecule has 0 saturated heterocycles. The molecule has 0 aliphatic heterocycles. The van der Waals surface area contributed by atoms with Crippen molar-refractivity contribution in [2.45, 2.75) is 12.8 Å². The minimum Gasteiger partial charge on any atom is -0.224 e. The first-order chi connectivity index (χ1) is 7.45. The smallest absolute Gasteiger partial charge is 0 e. The van der Waals surface area contributed by atoms with Crippen LogP contribution in [-0.2, 0) is 19.5 Å². The average Bonchev–Trinajstić information content (AvgIpc) is 3.01. The van der Waals surface area contributed by atoms with E-state index in [0.717, 1.165) is 11.8 Å². The summed E-state index contributed by atoms with van der Waals surface area (Å²) in [6.07, 6.45) is 11.9. The number of hydrogen-bond donors (Lipinski definition) is 0. The molecule has 16 heavy (non-hydrogen) atoms. The first kappa shape index (κ1) is 11.7. The van der Waals surface area contributed by atoms with Gasteiger partial charge in [0.05, 0.1) is 0 Å². The van der Waals surface area contributed by atoms with E-state index in [4.69, 9.17) is 0 Å². The molecule has 2 atom stereocenters. The van der Waals surface area contributed by atoms with E-state index >= 15 is 0 Å². The van der Waals surface area contributed by atoms with Crippen LogP contribution >= 0.6 is 0 Å². The molecule has 0 spiro atoms. The van der Waals surface area contributed by atoms with E-state index in [-0.39, 0.29) is 19.5 Å². The number of rotatable bonds is 2. The predicted molar refractivity (Wildman–Crippen MR) is 64.1 cm³/mol. The van der Waals surface area contributed by atoms with Gasteiger partial charge in [0.1, 0.15) is 0 Å². The summed E-state index contributed by atoms with van der Waals surface area (Å²) in [6, 6.07) is 10.5. The van der Waals surface area contributed by atoms with Gasteiger partial charge in [0, 0.05) is 19.5 Å². The molecule has 0 nitrogen and oxygen atoms in total. The van der Waals surface area contributed by atoms with E-state index in [2.05, 4.69) is 54.6 Å². The molecule has 0 heterocycles. The van der Waals surface area contributed by atoms with Crippen molar-refractivity contribution in [1.82, 2.24) is 0 Å². The van der Waals surface area contributed by atoms with Crippen molar-refractivity contribution in [1.29, 1.82) is 0 Å². The predicted octanol–water partition coefficient (Wildman–Crippen LogP) is 3.87. The zero-order chi connectivity index (χ0) is 10.1. The van der Waals surface area contributed by atoms with Crippen LogP contribution in [0.2, 0.25) is 0 Å². The molecule has 0 amide bonds. The zero-order valence-electron chi connectivity index (χ0n) is 9.10. The summed E-state index contributed by atoms with van der Waals surface area (Å²) in [5.74, 6) is 3.28. The molecular weight excluding hydrogens is 283 g/mol. The summed E-state index contributed by atoms with van der Waals surface area (Å²) in [6.45, 7) is 0. The molecule has 0 bridgehead atoms. The number of hydrogen-bond acceptors (Lipinski definition) is 0. The molecule has 1 aromatic carbocycles. The van der Waals surface area contributed by atoms with Crippen molar-refractivity contribution in [3.05, 3.63) is 60.0 Å². The maximum absolute atomic E-state index is 2.37. The topological polar surface area (TPSA) is 0 Å². The molecular formula is C15H15Rh-. The molecule has 1 aromatic rings. The minimum atomic E-state index is 0. The zero-order valence-corrected chi connectivity index (χ0v) is 10.7. The molecule has 3 rings (SSSR count). The van der Waals surface area contributed by atoms with E-state index in [1.54, 1.807) is 5.92 Å². The van der Waals surface area contributed by atoms with Crippen molar-refractivity contribution in [3.63, 3.8) is 0 Å². The van der Waals surface area contributed by atoms with Gasteiger partial charge in [-0.1, -0.05) is 60.7 Å². The second-order valence-corrected chi connectivity index (χ2v) is 4.38. The van der Waals surface area contributed by atoms with Crippen LogP contribution in [0.25, 0.3) is 6.08 Å². The van der Waals surface area contributed by atoms with Crippen LogP contribution in [0.5, 0.6) is 0 Å². The molecule has 1 fully saturated rings. The van der Waals surface area contributed by atoms with Crippen molar-refractivity contribution in [3.8, 4) is 0 Å². The molecule has 0 N–H and O–H groups in total. The normalized spacial score (nSPS) is 26.4. The Morgan fingerprint density at radius 3 is 2.69 bits per heavy atom. The maximum atomic E-state index is 2.37. The molecule has 2 aliphatic rings. The van der Waals surface area contributed by atoms with E-state index in [1.807, 2.05) is 0 Å². The third-order valence-electron chi connectivity index (χ3n) is 3.39. The Morgan fingerprint density at radius 1 is 1.19 bits per heavy atom. The Bertz CT molecular complexity index is 391. The first-order valence-corrected chi connectivity index (χ1v) is 5.72. The Hall–Kier alpha value is -0.807. The second-order valence-electron chi connectivity index (χ2n) is 4.38. The van der Waals surface area contributed by atoms with Crippen LogP contribution in [0.15, 0.2) is 48.6 Å². The van der Waals surface area contributed by atoms with Gasteiger partial charge in [-0.3, -0.25) is 0 Å². The molecule has 0 aromatic heterocycles. The third kappa shape index (κ3) is 2.30. The summed E-state index contributed by atoms with van der Waals surface area (Å²) in [7, 11) is 0. The summed E-state index contributed by atoms with van der Waals surface area (Å²) >= 11 is 0. The van der Waals surface area contributed by atoms with Crippen LogP contribution in [0, 0.1) is 17.8 Å². The fourth-order valence-corrected chi connectivity index (χ4v) is 2.46. The number of benzene rings is 1. The summed E-state index contributed by atoms with van der Waals surface area (Å²) < 4.78 is 0. The van der Waals surface area contributed by atoms with Gasteiger partial charge < -0.3 is 0 Å². The minimum absolute atomic E-state index is 0. The summed E-state index contributed by atoms with van der Waals surface area (Å²) in [5, 5.41) is 0. The third-order valence-corrected chi connectivity index (χ3v) is 3.39. The van der Waals surface area contributed by atoms with Gasteiger partial charge in [0.2, 0.25) is 0 Å². The standard InChI is InChI=1S/C15H15.Rh/c1-2-6-12(7-3-1)10-11-15-13-8-4-5-9-14(13)15;/h1-4,6-8,10-11,13-14H,5,9H2;/q-1;/b11-10+;/t13-,14+;/m0./s1.